The van der Waals surface area contributed by atoms with Crippen molar-refractivity contribution in [1.29, 1.82) is 0 Å². The molecule has 1 amide bonds. The molecule has 3 rings (SSSR count). The van der Waals surface area contributed by atoms with Crippen LogP contribution in [0.3, 0.4) is 0 Å². The molecular weight excluding hydrogens is 316 g/mol. The molecule has 0 bridgehead atoms. The van der Waals surface area contributed by atoms with Crippen LogP contribution in [0.4, 0.5) is 0 Å². The van der Waals surface area contributed by atoms with E-state index in [9.17, 15) is 9.59 Å². The van der Waals surface area contributed by atoms with Crippen molar-refractivity contribution >= 4 is 34.8 Å². The number of carbonyl (C=O) groups is 1. The summed E-state index contributed by atoms with van der Waals surface area (Å²) >= 11 is 5.90. The summed E-state index contributed by atoms with van der Waals surface area (Å²) in [6, 6.07) is 11.2. The van der Waals surface area contributed by atoms with Gasteiger partial charge in [-0.15, -0.1) is 0 Å². The average molecular weight is 328 g/mol. The van der Waals surface area contributed by atoms with Gasteiger partial charge >= 0.3 is 0 Å². The lowest BCUT2D eigenvalue weighted by Gasteiger charge is -2.10. The number of nitrogens with zero attached hydrogens (tertiary/aromatic N) is 1. The fraction of sp³-hybridized carbons (Fsp3) is 0.118. The van der Waals surface area contributed by atoms with Crippen molar-refractivity contribution in [2.24, 2.45) is 0 Å². The molecule has 0 aliphatic rings. The number of hydrogen-bond donors (Lipinski definition) is 1. The van der Waals surface area contributed by atoms with Crippen LogP contribution >= 0.6 is 11.6 Å². The average Bonchev–Trinajstić information content (AvgIpc) is 2.98. The monoisotopic (exact) mass is 327 g/mol. The van der Waals surface area contributed by atoms with Crippen molar-refractivity contribution < 1.29 is 14.0 Å². The standard InChI is InChI=1S/C17H12ClN2O3/c18-12-4-5-15-11(7-12)8-16(23-15)17(22)20-14(10-21)9-13-3-1-2-6-19-13/h1-8,14H,9H2,(H,20,22)/t14-/m0/s1. The number of furan rings is 1. The summed E-state index contributed by atoms with van der Waals surface area (Å²) in [7, 11) is 0. The minimum Gasteiger partial charge on any atom is -0.451 e. The van der Waals surface area contributed by atoms with Gasteiger partial charge in [0.25, 0.3) is 5.91 Å². The second-order valence-electron chi connectivity index (χ2n) is 4.96. The fourth-order valence-electron chi connectivity index (χ4n) is 2.21. The first-order valence-corrected chi connectivity index (χ1v) is 7.31. The summed E-state index contributed by atoms with van der Waals surface area (Å²) in [4.78, 5) is 27.4. The molecule has 0 saturated carbocycles. The van der Waals surface area contributed by atoms with Crippen LogP contribution in [0.1, 0.15) is 16.2 Å². The van der Waals surface area contributed by atoms with Crippen LogP contribution in [0.25, 0.3) is 11.0 Å². The lowest BCUT2D eigenvalue weighted by molar-refractivity contribution is 0.0920. The highest BCUT2D eigenvalue weighted by Crippen LogP contribution is 2.23. The van der Waals surface area contributed by atoms with Crippen molar-refractivity contribution in [3.63, 3.8) is 0 Å². The van der Waals surface area contributed by atoms with E-state index in [2.05, 4.69) is 10.3 Å². The van der Waals surface area contributed by atoms with E-state index in [1.54, 1.807) is 42.6 Å². The lowest BCUT2D eigenvalue weighted by atomic mass is 10.1. The van der Waals surface area contributed by atoms with Crippen molar-refractivity contribution in [2.45, 2.75) is 12.5 Å². The molecule has 0 aliphatic carbocycles. The first-order chi connectivity index (χ1) is 11.2. The smallest absolute Gasteiger partial charge is 0.287 e. The van der Waals surface area contributed by atoms with Gasteiger partial charge in [0.15, 0.2) is 5.76 Å². The second kappa shape index (κ2) is 6.62. The Kier molecular flexibility index (Phi) is 4.39. The third kappa shape index (κ3) is 3.57. The number of aromatic nitrogens is 1. The minimum absolute atomic E-state index is 0.114. The highest BCUT2D eigenvalue weighted by atomic mass is 35.5. The lowest BCUT2D eigenvalue weighted by Crippen LogP contribution is -2.37. The Hall–Kier alpha value is -2.66. The van der Waals surface area contributed by atoms with E-state index in [1.807, 2.05) is 12.4 Å². The molecule has 5 nitrogen and oxygen atoms in total. The van der Waals surface area contributed by atoms with E-state index in [-0.39, 0.29) is 12.2 Å². The summed E-state index contributed by atoms with van der Waals surface area (Å²) < 4.78 is 5.46. The molecule has 1 atom stereocenters. The Labute approximate surface area is 137 Å². The zero-order valence-electron chi connectivity index (χ0n) is 12.0. The van der Waals surface area contributed by atoms with Crippen molar-refractivity contribution in [3.05, 3.63) is 65.1 Å². The number of halogens is 1. The Morgan fingerprint density at radius 2 is 2.17 bits per heavy atom. The van der Waals surface area contributed by atoms with Gasteiger partial charge in [0, 0.05) is 28.7 Å². The molecule has 0 fully saturated rings. The second-order valence-corrected chi connectivity index (χ2v) is 5.40. The van der Waals surface area contributed by atoms with E-state index in [1.165, 1.54) is 0 Å². The zero-order chi connectivity index (χ0) is 16.2. The summed E-state index contributed by atoms with van der Waals surface area (Å²) in [6.45, 7) is 0. The predicted octanol–water partition coefficient (Wildman–Crippen LogP) is 2.93. The number of fused-ring (bicyclic) bond motifs is 1. The van der Waals surface area contributed by atoms with E-state index in [4.69, 9.17) is 16.0 Å². The third-order valence-corrected chi connectivity index (χ3v) is 3.52. The summed E-state index contributed by atoms with van der Waals surface area (Å²) in [5, 5.41) is 3.85. The number of amides is 1. The number of carbonyl (C=O) groups excluding carboxylic acids is 2. The number of nitrogens with one attached hydrogen (secondary N) is 1. The van der Waals surface area contributed by atoms with Crippen LogP contribution in [-0.2, 0) is 11.2 Å². The quantitative estimate of drug-likeness (QED) is 0.782. The van der Waals surface area contributed by atoms with Crippen molar-refractivity contribution in [3.8, 4) is 0 Å². The summed E-state index contributed by atoms with van der Waals surface area (Å²) in [5.41, 5.74) is 1.24. The molecule has 2 heterocycles. The van der Waals surface area contributed by atoms with Gasteiger partial charge in [-0.3, -0.25) is 14.6 Å². The van der Waals surface area contributed by atoms with E-state index in [0.29, 0.717) is 16.3 Å². The fourth-order valence-corrected chi connectivity index (χ4v) is 2.39. The van der Waals surface area contributed by atoms with Gasteiger partial charge in [-0.1, -0.05) is 17.7 Å². The van der Waals surface area contributed by atoms with Gasteiger partial charge in [-0.25, -0.2) is 0 Å². The van der Waals surface area contributed by atoms with Crippen LogP contribution < -0.4 is 5.32 Å². The van der Waals surface area contributed by atoms with Gasteiger partial charge in [0.2, 0.25) is 6.29 Å². The maximum atomic E-state index is 12.2. The number of hydrogen-bond acceptors (Lipinski definition) is 4. The van der Waals surface area contributed by atoms with Gasteiger partial charge in [0.1, 0.15) is 11.6 Å². The number of benzene rings is 1. The van der Waals surface area contributed by atoms with Crippen LogP contribution in [0, 0.1) is 0 Å². The molecular formula is C17H12ClN2O3. The molecule has 0 aliphatic heterocycles. The normalized spacial score (nSPS) is 12.0. The maximum Gasteiger partial charge on any atom is 0.287 e. The van der Waals surface area contributed by atoms with Crippen LogP contribution in [0.15, 0.2) is 53.1 Å². The molecule has 3 aromatic rings. The Bertz CT molecular complexity index is 845. The molecule has 0 saturated heterocycles. The largest absolute Gasteiger partial charge is 0.451 e. The van der Waals surface area contributed by atoms with E-state index < -0.39 is 11.9 Å². The topological polar surface area (TPSA) is 72.2 Å². The molecule has 1 N–H and O–H groups in total. The molecule has 2 aromatic heterocycles. The molecule has 1 aromatic carbocycles. The maximum absolute atomic E-state index is 12.2. The Morgan fingerprint density at radius 1 is 1.30 bits per heavy atom. The number of pyridine rings is 1. The first kappa shape index (κ1) is 15.2. The van der Waals surface area contributed by atoms with Crippen molar-refractivity contribution in [2.75, 3.05) is 0 Å². The SMILES string of the molecule is O=[C][C@H](Cc1ccccn1)NC(=O)c1cc2cc(Cl)ccc2o1. The van der Waals surface area contributed by atoms with E-state index >= 15 is 0 Å². The summed E-state index contributed by atoms with van der Waals surface area (Å²) in [6.07, 6.45) is 3.70. The zero-order valence-corrected chi connectivity index (χ0v) is 12.7. The van der Waals surface area contributed by atoms with Crippen LogP contribution in [-0.4, -0.2) is 23.2 Å². The highest BCUT2D eigenvalue weighted by molar-refractivity contribution is 6.31. The minimum atomic E-state index is -0.797. The molecule has 1 radical (unpaired) electrons. The number of rotatable bonds is 5. The van der Waals surface area contributed by atoms with Gasteiger partial charge < -0.3 is 9.73 Å². The molecule has 0 spiro atoms. The van der Waals surface area contributed by atoms with E-state index in [0.717, 1.165) is 5.39 Å². The Morgan fingerprint density at radius 3 is 2.91 bits per heavy atom. The predicted molar refractivity (Wildman–Crippen MR) is 86.1 cm³/mol. The Balaban J connectivity index is 1.74. The first-order valence-electron chi connectivity index (χ1n) is 6.93. The molecule has 6 heteroatoms. The van der Waals surface area contributed by atoms with Crippen LogP contribution in [0.5, 0.6) is 0 Å². The van der Waals surface area contributed by atoms with Gasteiger partial charge in [-0.05, 0) is 36.4 Å². The third-order valence-electron chi connectivity index (χ3n) is 3.29. The van der Waals surface area contributed by atoms with Gasteiger partial charge in [0.05, 0.1) is 0 Å². The van der Waals surface area contributed by atoms with Crippen molar-refractivity contribution in [1.82, 2.24) is 10.3 Å². The molecule has 0 unspecified atom stereocenters. The molecule has 23 heavy (non-hydrogen) atoms. The summed E-state index contributed by atoms with van der Waals surface area (Å²) in [5.74, 6) is -0.370. The van der Waals surface area contributed by atoms with Gasteiger partial charge in [-0.2, -0.15) is 0 Å². The molecule has 115 valence electrons. The van der Waals surface area contributed by atoms with Crippen LogP contribution in [0.2, 0.25) is 5.02 Å². The highest BCUT2D eigenvalue weighted by Gasteiger charge is 2.18.